The largest absolute Gasteiger partial charge is 0.508 e. The maximum absolute atomic E-state index is 12.4. The van der Waals surface area contributed by atoms with Crippen LogP contribution in [0.3, 0.4) is 0 Å². The van der Waals surface area contributed by atoms with Crippen molar-refractivity contribution in [2.75, 3.05) is 5.32 Å². The highest BCUT2D eigenvalue weighted by Gasteiger charge is 2.17. The van der Waals surface area contributed by atoms with Gasteiger partial charge in [0.05, 0.1) is 5.69 Å². The van der Waals surface area contributed by atoms with Crippen molar-refractivity contribution in [2.24, 2.45) is 7.05 Å². The number of aromatic nitrogens is 2. The van der Waals surface area contributed by atoms with Crippen LogP contribution in [0.4, 0.5) is 5.69 Å². The number of amides is 1. The lowest BCUT2D eigenvalue weighted by atomic mass is 10.0. The molecule has 2 N–H and O–H groups in total. The van der Waals surface area contributed by atoms with Crippen LogP contribution >= 0.6 is 0 Å². The van der Waals surface area contributed by atoms with E-state index in [1.807, 2.05) is 49.0 Å². The number of rotatable bonds is 3. The van der Waals surface area contributed by atoms with Crippen molar-refractivity contribution in [3.8, 4) is 11.4 Å². The highest BCUT2D eigenvalue weighted by Crippen LogP contribution is 2.17. The first-order chi connectivity index (χ1) is 13.2. The monoisotopic (exact) mass is 381 g/mol. The number of phenols is 1. The van der Waals surface area contributed by atoms with Gasteiger partial charge in [-0.25, -0.2) is 4.68 Å². The van der Waals surface area contributed by atoms with Crippen molar-refractivity contribution in [1.29, 1.82) is 0 Å². The molecule has 0 atom stereocenters. The smallest absolute Gasteiger partial charge is 0.275 e. The zero-order chi connectivity index (χ0) is 20.8. The lowest BCUT2D eigenvalue weighted by molar-refractivity contribution is -0.114. The molecule has 0 bridgehead atoms. The summed E-state index contributed by atoms with van der Waals surface area (Å²) in [7, 11) is 1.93. The molecule has 2 aromatic carbocycles. The molecule has 0 aliphatic carbocycles. The minimum atomic E-state index is -0.115. The summed E-state index contributed by atoms with van der Waals surface area (Å²) in [6.07, 6.45) is 0. The highest BCUT2D eigenvalue weighted by atomic mass is 16.3. The number of carbonyl (C=O) groups is 1. The molecule has 0 saturated carbocycles. The van der Waals surface area contributed by atoms with E-state index in [1.54, 1.807) is 16.8 Å². The summed E-state index contributed by atoms with van der Waals surface area (Å²) in [5.41, 5.74) is 3.63. The van der Waals surface area contributed by atoms with Crippen LogP contribution in [-0.4, -0.2) is 20.4 Å². The van der Waals surface area contributed by atoms with Crippen molar-refractivity contribution < 1.29 is 9.90 Å². The standard InChI is InChI=1S/C14H18N2O.C8H9NO2/c1-10(2)13-11(3)15(4)16(14(13)17)12-8-6-5-7-9-12;1-6(10)9-7-2-4-8(11)5-3-7/h5-10H,1-4H3;2-5,11H,1H3,(H,9,10). The number of hydrogen-bond acceptors (Lipinski definition) is 3. The first-order valence-corrected chi connectivity index (χ1v) is 9.13. The third-order valence-corrected chi connectivity index (χ3v) is 4.36. The summed E-state index contributed by atoms with van der Waals surface area (Å²) in [6, 6.07) is 16.0. The molecule has 148 valence electrons. The Morgan fingerprint density at radius 1 is 1.04 bits per heavy atom. The topological polar surface area (TPSA) is 76.3 Å². The van der Waals surface area contributed by atoms with Gasteiger partial charge in [0.15, 0.2) is 0 Å². The van der Waals surface area contributed by atoms with Gasteiger partial charge >= 0.3 is 0 Å². The van der Waals surface area contributed by atoms with Gasteiger partial charge in [-0.15, -0.1) is 0 Å². The summed E-state index contributed by atoms with van der Waals surface area (Å²) < 4.78 is 3.65. The Kier molecular flexibility index (Phi) is 6.82. The molecule has 28 heavy (non-hydrogen) atoms. The number of nitrogens with one attached hydrogen (secondary N) is 1. The van der Waals surface area contributed by atoms with E-state index in [4.69, 9.17) is 5.11 Å². The van der Waals surface area contributed by atoms with E-state index in [0.717, 1.165) is 16.9 Å². The maximum Gasteiger partial charge on any atom is 0.275 e. The van der Waals surface area contributed by atoms with Crippen LogP contribution in [0.25, 0.3) is 5.69 Å². The van der Waals surface area contributed by atoms with Crippen molar-refractivity contribution in [3.05, 3.63) is 76.2 Å². The Hall–Kier alpha value is -3.28. The molecule has 1 aromatic heterocycles. The Bertz CT molecular complexity index is 984. The van der Waals surface area contributed by atoms with E-state index in [1.165, 1.54) is 19.1 Å². The van der Waals surface area contributed by atoms with Crippen molar-refractivity contribution in [1.82, 2.24) is 9.36 Å². The van der Waals surface area contributed by atoms with Crippen LogP contribution in [0.15, 0.2) is 59.4 Å². The second-order valence-corrected chi connectivity index (χ2v) is 6.86. The number of nitrogens with zero attached hydrogens (tertiary/aromatic N) is 2. The quantitative estimate of drug-likeness (QED) is 0.674. The zero-order valence-corrected chi connectivity index (χ0v) is 16.9. The van der Waals surface area contributed by atoms with Crippen LogP contribution in [0, 0.1) is 6.92 Å². The van der Waals surface area contributed by atoms with E-state index in [9.17, 15) is 9.59 Å². The normalized spacial score (nSPS) is 10.4. The highest BCUT2D eigenvalue weighted by molar-refractivity contribution is 5.88. The molecule has 1 amide bonds. The number of benzene rings is 2. The number of phenolic OH excluding ortho intramolecular Hbond substituents is 1. The molecular weight excluding hydrogens is 354 g/mol. The predicted octanol–water partition coefficient (Wildman–Crippen LogP) is 3.96. The number of para-hydroxylation sites is 1. The molecule has 0 aliphatic rings. The van der Waals surface area contributed by atoms with Crippen LogP contribution in [-0.2, 0) is 11.8 Å². The Morgan fingerprint density at radius 3 is 2.07 bits per heavy atom. The van der Waals surface area contributed by atoms with Crippen LogP contribution in [0.1, 0.15) is 37.9 Å². The van der Waals surface area contributed by atoms with Gasteiger partial charge < -0.3 is 10.4 Å². The second kappa shape index (κ2) is 9.08. The fraction of sp³-hybridized carbons (Fsp3) is 0.273. The van der Waals surface area contributed by atoms with Gasteiger partial charge in [0, 0.05) is 30.9 Å². The molecule has 6 heteroatoms. The molecule has 0 fully saturated rings. The van der Waals surface area contributed by atoms with Crippen molar-refractivity contribution in [3.63, 3.8) is 0 Å². The lowest BCUT2D eigenvalue weighted by Gasteiger charge is -2.07. The summed E-state index contributed by atoms with van der Waals surface area (Å²) in [6.45, 7) is 7.54. The van der Waals surface area contributed by atoms with Crippen LogP contribution < -0.4 is 10.9 Å². The third-order valence-electron chi connectivity index (χ3n) is 4.36. The van der Waals surface area contributed by atoms with Gasteiger partial charge in [0.1, 0.15) is 5.75 Å². The summed E-state index contributed by atoms with van der Waals surface area (Å²) >= 11 is 0. The van der Waals surface area contributed by atoms with Gasteiger partial charge in [0.25, 0.3) is 5.56 Å². The predicted molar refractivity (Wildman–Crippen MR) is 112 cm³/mol. The summed E-state index contributed by atoms with van der Waals surface area (Å²) in [4.78, 5) is 22.9. The maximum atomic E-state index is 12.4. The second-order valence-electron chi connectivity index (χ2n) is 6.86. The fourth-order valence-corrected chi connectivity index (χ4v) is 3.00. The number of aromatic hydroxyl groups is 1. The Labute approximate surface area is 165 Å². The lowest BCUT2D eigenvalue weighted by Crippen LogP contribution is -2.21. The van der Waals surface area contributed by atoms with Gasteiger partial charge in [-0.05, 0) is 49.2 Å². The molecule has 0 radical (unpaired) electrons. The van der Waals surface area contributed by atoms with E-state index in [0.29, 0.717) is 5.69 Å². The van der Waals surface area contributed by atoms with Crippen molar-refractivity contribution >= 4 is 11.6 Å². The first-order valence-electron chi connectivity index (χ1n) is 9.13. The van der Waals surface area contributed by atoms with Gasteiger partial charge in [-0.1, -0.05) is 32.0 Å². The van der Waals surface area contributed by atoms with E-state index >= 15 is 0 Å². The average Bonchev–Trinajstić information content (AvgIpc) is 2.87. The molecule has 0 saturated heterocycles. The minimum absolute atomic E-state index is 0.0891. The fourth-order valence-electron chi connectivity index (χ4n) is 3.00. The molecule has 0 unspecified atom stereocenters. The minimum Gasteiger partial charge on any atom is -0.508 e. The number of carbonyl (C=O) groups excluding carboxylic acids is 1. The number of hydrogen-bond donors (Lipinski definition) is 2. The van der Waals surface area contributed by atoms with Crippen LogP contribution in [0.2, 0.25) is 0 Å². The molecule has 0 aliphatic heterocycles. The van der Waals surface area contributed by atoms with Crippen molar-refractivity contribution in [2.45, 2.75) is 33.6 Å². The van der Waals surface area contributed by atoms with E-state index in [2.05, 4.69) is 19.2 Å². The molecule has 3 aromatic rings. The first kappa shape index (κ1) is 21.0. The van der Waals surface area contributed by atoms with Gasteiger partial charge in [-0.2, -0.15) is 0 Å². The molecule has 3 rings (SSSR count). The average molecular weight is 381 g/mol. The van der Waals surface area contributed by atoms with Gasteiger partial charge in [-0.3, -0.25) is 14.3 Å². The zero-order valence-electron chi connectivity index (χ0n) is 16.9. The number of anilines is 1. The molecule has 0 spiro atoms. The molecule has 1 heterocycles. The SMILES string of the molecule is CC(=O)Nc1ccc(O)cc1.Cc1c(C(C)C)c(=O)n(-c2ccccc2)n1C. The Morgan fingerprint density at radius 2 is 1.61 bits per heavy atom. The summed E-state index contributed by atoms with van der Waals surface area (Å²) in [5.74, 6) is 0.327. The Balaban J connectivity index is 0.000000221. The summed E-state index contributed by atoms with van der Waals surface area (Å²) in [5, 5.41) is 11.5. The van der Waals surface area contributed by atoms with E-state index < -0.39 is 0 Å². The third kappa shape index (κ3) is 4.91. The van der Waals surface area contributed by atoms with Crippen LogP contribution in [0.5, 0.6) is 5.75 Å². The van der Waals surface area contributed by atoms with E-state index in [-0.39, 0.29) is 23.1 Å². The molecular formula is C22H27N3O3. The molecule has 6 nitrogen and oxygen atoms in total. The van der Waals surface area contributed by atoms with Gasteiger partial charge in [0.2, 0.25) is 5.91 Å².